The van der Waals surface area contributed by atoms with E-state index in [1.54, 1.807) is 24.2 Å². The Balaban J connectivity index is 1.55. The molecule has 0 bridgehead atoms. The minimum absolute atomic E-state index is 0.0583. The Morgan fingerprint density at radius 3 is 2.36 bits per heavy atom. The number of nitrogens with one attached hydrogen (secondary N) is 3. The number of aromatic nitrogens is 3. The Labute approximate surface area is 169 Å². The predicted octanol–water partition coefficient (Wildman–Crippen LogP) is 5.35. The molecular weight excluding hydrogens is 370 g/mol. The molecule has 0 radical (unpaired) electrons. The molecule has 0 aliphatic heterocycles. The van der Waals surface area contributed by atoms with Crippen LogP contribution in [0.4, 0.5) is 16.3 Å². The van der Waals surface area contributed by atoms with Crippen molar-refractivity contribution in [3.8, 4) is 0 Å². The number of nitrogens with zero attached hydrogens (tertiary/aromatic N) is 2. The van der Waals surface area contributed by atoms with Gasteiger partial charge in [0.1, 0.15) is 0 Å². The van der Waals surface area contributed by atoms with Gasteiger partial charge in [-0.2, -0.15) is 5.10 Å². The maximum absolute atomic E-state index is 12.3. The van der Waals surface area contributed by atoms with Gasteiger partial charge in [-0.05, 0) is 48.9 Å². The molecule has 0 unspecified atom stereocenters. The number of hydrogen-bond acceptors (Lipinski definition) is 4. The standard InChI is InChI=1S/C21H25N5OS/c1-14-18(21(2,3)4)25-26-19(14)24-20(27)23-16-5-7-17(8-6-16)28-13-15-9-11-22-12-10-15/h5-12H,13H2,1-4H3,(H3,23,24,25,26,27). The Bertz CT molecular complexity index is 930. The van der Waals surface area contributed by atoms with E-state index >= 15 is 0 Å². The Morgan fingerprint density at radius 2 is 1.75 bits per heavy atom. The van der Waals surface area contributed by atoms with Crippen LogP contribution >= 0.6 is 11.8 Å². The van der Waals surface area contributed by atoms with Crippen LogP contribution in [0, 0.1) is 6.92 Å². The van der Waals surface area contributed by atoms with Gasteiger partial charge in [-0.1, -0.05) is 20.8 Å². The fourth-order valence-corrected chi connectivity index (χ4v) is 3.65. The molecule has 0 aliphatic carbocycles. The molecule has 0 saturated carbocycles. The third-order valence-corrected chi connectivity index (χ3v) is 5.34. The number of aromatic amines is 1. The molecule has 2 aromatic heterocycles. The molecule has 0 spiro atoms. The second-order valence-corrected chi connectivity index (χ2v) is 8.62. The van der Waals surface area contributed by atoms with Gasteiger partial charge >= 0.3 is 6.03 Å². The highest BCUT2D eigenvalue weighted by atomic mass is 32.2. The summed E-state index contributed by atoms with van der Waals surface area (Å²) >= 11 is 1.74. The number of benzene rings is 1. The average molecular weight is 396 g/mol. The lowest BCUT2D eigenvalue weighted by molar-refractivity contribution is 0.262. The minimum Gasteiger partial charge on any atom is -0.308 e. The molecule has 0 atom stereocenters. The molecule has 1 aromatic carbocycles. The maximum Gasteiger partial charge on any atom is 0.324 e. The van der Waals surface area contributed by atoms with Crippen molar-refractivity contribution in [2.45, 2.75) is 43.8 Å². The number of anilines is 2. The Hall–Kier alpha value is -2.80. The quantitative estimate of drug-likeness (QED) is 0.509. The third-order valence-electron chi connectivity index (χ3n) is 4.26. The van der Waals surface area contributed by atoms with Gasteiger partial charge < -0.3 is 5.32 Å². The molecule has 3 aromatic rings. The summed E-state index contributed by atoms with van der Waals surface area (Å²) in [4.78, 5) is 17.5. The van der Waals surface area contributed by atoms with Crippen molar-refractivity contribution in [2.24, 2.45) is 0 Å². The van der Waals surface area contributed by atoms with Crippen molar-refractivity contribution in [1.82, 2.24) is 15.2 Å². The van der Waals surface area contributed by atoms with E-state index in [-0.39, 0.29) is 11.4 Å². The van der Waals surface area contributed by atoms with Gasteiger partial charge in [0, 0.05) is 45.4 Å². The fourth-order valence-electron chi connectivity index (χ4n) is 2.80. The summed E-state index contributed by atoms with van der Waals surface area (Å²) in [5, 5.41) is 12.9. The number of amides is 2. The van der Waals surface area contributed by atoms with Crippen LogP contribution in [0.1, 0.15) is 37.6 Å². The number of urea groups is 1. The van der Waals surface area contributed by atoms with Crippen molar-refractivity contribution in [1.29, 1.82) is 0 Å². The molecule has 28 heavy (non-hydrogen) atoms. The van der Waals surface area contributed by atoms with Crippen LogP contribution in [0.3, 0.4) is 0 Å². The first-order chi connectivity index (χ1) is 13.3. The lowest BCUT2D eigenvalue weighted by Crippen LogP contribution is -2.20. The van der Waals surface area contributed by atoms with Gasteiger partial charge in [-0.15, -0.1) is 11.8 Å². The zero-order chi connectivity index (χ0) is 20.1. The van der Waals surface area contributed by atoms with Crippen molar-refractivity contribution >= 4 is 29.3 Å². The summed E-state index contributed by atoms with van der Waals surface area (Å²) in [6.07, 6.45) is 3.60. The highest BCUT2D eigenvalue weighted by Crippen LogP contribution is 2.27. The first kappa shape index (κ1) is 19.9. The number of hydrogen-bond donors (Lipinski definition) is 3. The Kier molecular flexibility index (Phi) is 6.04. The van der Waals surface area contributed by atoms with Gasteiger partial charge in [-0.25, -0.2) is 4.79 Å². The Morgan fingerprint density at radius 1 is 1.07 bits per heavy atom. The molecule has 146 valence electrons. The van der Waals surface area contributed by atoms with Crippen LogP contribution in [-0.4, -0.2) is 21.2 Å². The number of pyridine rings is 1. The van der Waals surface area contributed by atoms with Gasteiger partial charge in [0.2, 0.25) is 0 Å². The van der Waals surface area contributed by atoms with E-state index in [1.807, 2.05) is 43.3 Å². The molecule has 0 aliphatic rings. The highest BCUT2D eigenvalue weighted by Gasteiger charge is 2.21. The second-order valence-electron chi connectivity index (χ2n) is 7.57. The van der Waals surface area contributed by atoms with Gasteiger partial charge in [0.15, 0.2) is 5.82 Å². The molecule has 0 saturated heterocycles. The van der Waals surface area contributed by atoms with Gasteiger partial charge in [-0.3, -0.25) is 15.4 Å². The normalized spacial score (nSPS) is 11.3. The number of H-pyrrole nitrogens is 1. The number of thioether (sulfide) groups is 1. The number of rotatable bonds is 5. The van der Waals surface area contributed by atoms with Crippen LogP contribution in [0.15, 0.2) is 53.7 Å². The van der Waals surface area contributed by atoms with Crippen LogP contribution < -0.4 is 10.6 Å². The molecule has 2 heterocycles. The van der Waals surface area contributed by atoms with E-state index in [4.69, 9.17) is 0 Å². The first-order valence-corrected chi connectivity index (χ1v) is 10.1. The monoisotopic (exact) mass is 395 g/mol. The van der Waals surface area contributed by atoms with E-state index in [0.29, 0.717) is 5.82 Å². The van der Waals surface area contributed by atoms with Crippen molar-refractivity contribution in [3.05, 3.63) is 65.6 Å². The third kappa shape index (κ3) is 5.13. The van der Waals surface area contributed by atoms with E-state index in [0.717, 1.165) is 27.6 Å². The van der Waals surface area contributed by atoms with Crippen LogP contribution in [-0.2, 0) is 11.2 Å². The number of carbonyl (C=O) groups is 1. The summed E-state index contributed by atoms with van der Waals surface area (Å²) in [5.74, 6) is 1.43. The SMILES string of the molecule is Cc1c(NC(=O)Nc2ccc(SCc3ccncc3)cc2)n[nH]c1C(C)(C)C. The highest BCUT2D eigenvalue weighted by molar-refractivity contribution is 7.98. The smallest absolute Gasteiger partial charge is 0.308 e. The second kappa shape index (κ2) is 8.48. The zero-order valence-electron chi connectivity index (χ0n) is 16.5. The molecule has 7 heteroatoms. The lowest BCUT2D eigenvalue weighted by Gasteiger charge is -2.17. The number of carbonyl (C=O) groups excluding carboxylic acids is 1. The zero-order valence-corrected chi connectivity index (χ0v) is 17.4. The summed E-state index contributed by atoms with van der Waals surface area (Å²) in [6, 6.07) is 11.5. The van der Waals surface area contributed by atoms with Crippen LogP contribution in [0.5, 0.6) is 0 Å². The molecule has 0 fully saturated rings. The summed E-state index contributed by atoms with van der Waals surface area (Å²) in [6.45, 7) is 8.26. The summed E-state index contributed by atoms with van der Waals surface area (Å²) < 4.78 is 0. The molecule has 3 rings (SSSR count). The topological polar surface area (TPSA) is 82.7 Å². The van der Waals surface area contributed by atoms with Crippen LogP contribution in [0.2, 0.25) is 0 Å². The van der Waals surface area contributed by atoms with E-state index < -0.39 is 0 Å². The summed E-state index contributed by atoms with van der Waals surface area (Å²) in [5.41, 5.74) is 3.86. The lowest BCUT2D eigenvalue weighted by atomic mass is 9.90. The maximum atomic E-state index is 12.3. The van der Waals surface area contributed by atoms with E-state index in [1.165, 1.54) is 5.56 Å². The molecule has 3 N–H and O–H groups in total. The van der Waals surface area contributed by atoms with E-state index in [2.05, 4.69) is 46.6 Å². The van der Waals surface area contributed by atoms with Crippen molar-refractivity contribution in [3.63, 3.8) is 0 Å². The predicted molar refractivity (Wildman–Crippen MR) is 115 cm³/mol. The van der Waals surface area contributed by atoms with Gasteiger partial charge in [0.05, 0.1) is 0 Å². The van der Waals surface area contributed by atoms with Crippen molar-refractivity contribution < 1.29 is 4.79 Å². The fraction of sp³-hybridized carbons (Fsp3) is 0.286. The van der Waals surface area contributed by atoms with E-state index in [9.17, 15) is 4.79 Å². The minimum atomic E-state index is -0.313. The molecular formula is C21H25N5OS. The summed E-state index contributed by atoms with van der Waals surface area (Å²) in [7, 11) is 0. The average Bonchev–Trinajstić information content (AvgIpc) is 3.02. The first-order valence-electron chi connectivity index (χ1n) is 9.08. The largest absolute Gasteiger partial charge is 0.324 e. The van der Waals surface area contributed by atoms with Crippen molar-refractivity contribution in [2.75, 3.05) is 10.6 Å². The van der Waals surface area contributed by atoms with Crippen LogP contribution in [0.25, 0.3) is 0 Å². The van der Waals surface area contributed by atoms with Gasteiger partial charge in [0.25, 0.3) is 0 Å². The molecule has 6 nitrogen and oxygen atoms in total. The molecule has 2 amide bonds.